The average Bonchev–Trinajstić information content (AvgIpc) is 3.18. The molecule has 1 aromatic carbocycles. The number of aromatic nitrogens is 3. The van der Waals surface area contributed by atoms with Gasteiger partial charge < -0.3 is 10.1 Å². The van der Waals surface area contributed by atoms with E-state index in [0.29, 0.717) is 21.4 Å². The van der Waals surface area contributed by atoms with E-state index >= 15 is 0 Å². The maximum Gasteiger partial charge on any atom is 0.342 e. The van der Waals surface area contributed by atoms with Gasteiger partial charge in [-0.05, 0) is 36.2 Å². The third-order valence-electron chi connectivity index (χ3n) is 4.10. The van der Waals surface area contributed by atoms with Gasteiger partial charge in [-0.15, -0.1) is 0 Å². The zero-order valence-electron chi connectivity index (χ0n) is 15.3. The first-order valence-electron chi connectivity index (χ1n) is 8.29. The molecule has 3 rings (SSSR count). The first-order valence-corrected chi connectivity index (χ1v) is 8.29. The number of anilines is 1. The predicted molar refractivity (Wildman–Crippen MR) is 97.1 cm³/mol. The number of esters is 1. The molecule has 0 atom stereocenters. The third kappa shape index (κ3) is 4.10. The summed E-state index contributed by atoms with van der Waals surface area (Å²) in [6.07, 6.45) is 3.80. The molecule has 1 N–H and O–H groups in total. The fourth-order valence-corrected chi connectivity index (χ4v) is 2.67. The van der Waals surface area contributed by atoms with Gasteiger partial charge in [0.25, 0.3) is 5.91 Å². The lowest BCUT2D eigenvalue weighted by Crippen LogP contribution is -2.17. The minimum atomic E-state index is -2.79. The first-order chi connectivity index (χ1) is 13.8. The van der Waals surface area contributed by atoms with Crippen LogP contribution in [0.4, 0.5) is 18.9 Å². The normalized spacial score (nSPS) is 10.8. The lowest BCUT2D eigenvalue weighted by Gasteiger charge is -2.11. The van der Waals surface area contributed by atoms with Crippen molar-refractivity contribution in [2.45, 2.75) is 13.5 Å². The number of carbonyl (C=O) groups excluding carboxylic acids is 2. The number of carbonyl (C=O) groups is 2. The Morgan fingerprint density at radius 1 is 1.24 bits per heavy atom. The molecule has 0 aliphatic carbocycles. The number of benzene rings is 1. The van der Waals surface area contributed by atoms with Crippen LogP contribution in [0.3, 0.4) is 0 Å². The molecule has 0 saturated carbocycles. The summed E-state index contributed by atoms with van der Waals surface area (Å²) in [4.78, 5) is 28.4. The number of aryl methyl sites for hydroxylation is 1. The summed E-state index contributed by atoms with van der Waals surface area (Å²) in [5.74, 6) is -2.52. The van der Waals surface area contributed by atoms with Gasteiger partial charge in [0.05, 0.1) is 19.0 Å². The van der Waals surface area contributed by atoms with Crippen molar-refractivity contribution in [3.05, 3.63) is 65.5 Å². The molecule has 0 aliphatic rings. The van der Waals surface area contributed by atoms with Crippen LogP contribution in [-0.4, -0.2) is 33.8 Å². The Morgan fingerprint density at radius 2 is 2.00 bits per heavy atom. The van der Waals surface area contributed by atoms with Crippen molar-refractivity contribution < 1.29 is 27.5 Å². The molecule has 150 valence electrons. The summed E-state index contributed by atoms with van der Waals surface area (Å²) in [7, 11) is 1.09. The molecule has 0 spiro atoms. The van der Waals surface area contributed by atoms with E-state index in [1.54, 1.807) is 6.92 Å². The minimum absolute atomic E-state index is 0.0597. The van der Waals surface area contributed by atoms with Gasteiger partial charge in [0.15, 0.2) is 0 Å². The van der Waals surface area contributed by atoms with Crippen LogP contribution >= 0.6 is 0 Å². The van der Waals surface area contributed by atoms with Crippen LogP contribution in [0.25, 0.3) is 11.1 Å². The number of hydrogen-bond acceptors (Lipinski definition) is 5. The molecule has 0 aliphatic heterocycles. The first kappa shape index (κ1) is 20.1. The van der Waals surface area contributed by atoms with Crippen LogP contribution in [-0.2, 0) is 4.74 Å². The molecule has 29 heavy (non-hydrogen) atoms. The molecule has 3 aromatic rings. The Bertz CT molecular complexity index is 1080. The fraction of sp³-hybridized carbons (Fsp3) is 0.158. The number of nitrogens with zero attached hydrogens (tertiary/aromatic N) is 3. The Balaban J connectivity index is 1.93. The lowest BCUT2D eigenvalue weighted by molar-refractivity contribution is 0.0565. The quantitative estimate of drug-likeness (QED) is 0.654. The number of alkyl halides is 2. The highest BCUT2D eigenvalue weighted by Gasteiger charge is 2.20. The van der Waals surface area contributed by atoms with Crippen LogP contribution in [0.2, 0.25) is 0 Å². The van der Waals surface area contributed by atoms with E-state index in [-0.39, 0.29) is 11.4 Å². The molecule has 1 amide bonds. The summed E-state index contributed by atoms with van der Waals surface area (Å²) in [5.41, 5.74) is 0.918. The fourth-order valence-electron chi connectivity index (χ4n) is 2.67. The summed E-state index contributed by atoms with van der Waals surface area (Å²) in [6.45, 7) is -1.09. The predicted octanol–water partition coefficient (Wildman–Crippen LogP) is 3.83. The van der Waals surface area contributed by atoms with Crippen molar-refractivity contribution in [2.75, 3.05) is 12.4 Å². The van der Waals surface area contributed by atoms with E-state index in [9.17, 15) is 22.8 Å². The van der Waals surface area contributed by atoms with Gasteiger partial charge >= 0.3 is 12.5 Å². The number of pyridine rings is 1. The maximum atomic E-state index is 14.0. The Morgan fingerprint density at radius 3 is 2.66 bits per heavy atom. The number of amides is 1. The van der Waals surface area contributed by atoms with E-state index in [1.807, 2.05) is 0 Å². The van der Waals surface area contributed by atoms with Crippen molar-refractivity contribution in [1.29, 1.82) is 0 Å². The minimum Gasteiger partial charge on any atom is -0.465 e. The number of nitrogens with one attached hydrogen (secondary N) is 1. The lowest BCUT2D eigenvalue weighted by atomic mass is 10.0. The molecule has 0 fully saturated rings. The second-order valence-electron chi connectivity index (χ2n) is 5.98. The van der Waals surface area contributed by atoms with Gasteiger partial charge in [-0.1, -0.05) is 6.07 Å². The SMILES string of the molecule is COC(=O)c1c(F)cccc1NC(=O)c1cc(-c2cnn(C(F)F)c2)c(C)cn1. The summed E-state index contributed by atoms with van der Waals surface area (Å²) < 4.78 is 44.6. The zero-order valence-corrected chi connectivity index (χ0v) is 15.3. The zero-order chi connectivity index (χ0) is 21.1. The van der Waals surface area contributed by atoms with Crippen LogP contribution in [0.15, 0.2) is 42.9 Å². The molecular formula is C19H15F3N4O3. The molecule has 0 unspecified atom stereocenters. The molecule has 10 heteroatoms. The van der Waals surface area contributed by atoms with Gasteiger partial charge in [0.2, 0.25) is 0 Å². The summed E-state index contributed by atoms with van der Waals surface area (Å²) in [6, 6.07) is 5.12. The summed E-state index contributed by atoms with van der Waals surface area (Å²) in [5, 5.41) is 6.00. The average molecular weight is 404 g/mol. The topological polar surface area (TPSA) is 86.1 Å². The number of halogens is 3. The summed E-state index contributed by atoms with van der Waals surface area (Å²) >= 11 is 0. The third-order valence-corrected chi connectivity index (χ3v) is 4.10. The number of methoxy groups -OCH3 is 1. The number of rotatable bonds is 5. The van der Waals surface area contributed by atoms with E-state index in [1.165, 1.54) is 30.6 Å². The Labute approximate surface area is 163 Å². The van der Waals surface area contributed by atoms with Crippen LogP contribution in [0.5, 0.6) is 0 Å². The molecule has 0 saturated heterocycles. The van der Waals surface area contributed by atoms with Crippen molar-refractivity contribution in [1.82, 2.24) is 14.8 Å². The van der Waals surface area contributed by atoms with E-state index in [2.05, 4.69) is 20.1 Å². The van der Waals surface area contributed by atoms with Crippen molar-refractivity contribution in [3.63, 3.8) is 0 Å². The van der Waals surface area contributed by atoms with Crippen LogP contribution < -0.4 is 5.32 Å². The van der Waals surface area contributed by atoms with Crippen molar-refractivity contribution >= 4 is 17.6 Å². The monoisotopic (exact) mass is 404 g/mol. The second kappa shape index (κ2) is 8.13. The van der Waals surface area contributed by atoms with Gasteiger partial charge in [-0.25, -0.2) is 13.9 Å². The molecule has 7 nitrogen and oxygen atoms in total. The maximum absolute atomic E-state index is 14.0. The van der Waals surface area contributed by atoms with Crippen molar-refractivity contribution in [2.24, 2.45) is 0 Å². The van der Waals surface area contributed by atoms with Gasteiger partial charge in [0, 0.05) is 18.0 Å². The smallest absolute Gasteiger partial charge is 0.342 e. The molecular weight excluding hydrogens is 389 g/mol. The highest BCUT2D eigenvalue weighted by Crippen LogP contribution is 2.26. The van der Waals surface area contributed by atoms with Gasteiger partial charge in [0.1, 0.15) is 17.1 Å². The van der Waals surface area contributed by atoms with Crippen molar-refractivity contribution in [3.8, 4) is 11.1 Å². The van der Waals surface area contributed by atoms with Gasteiger partial charge in [-0.2, -0.15) is 13.9 Å². The second-order valence-corrected chi connectivity index (χ2v) is 5.98. The van der Waals surface area contributed by atoms with E-state index in [4.69, 9.17) is 0 Å². The highest BCUT2D eigenvalue weighted by atomic mass is 19.3. The Kier molecular flexibility index (Phi) is 5.62. The largest absolute Gasteiger partial charge is 0.465 e. The van der Waals surface area contributed by atoms with Gasteiger partial charge in [-0.3, -0.25) is 9.78 Å². The van der Waals surface area contributed by atoms with Crippen LogP contribution in [0.1, 0.15) is 33.0 Å². The number of ether oxygens (including phenoxy) is 1. The van der Waals surface area contributed by atoms with E-state index in [0.717, 1.165) is 19.4 Å². The standard InChI is InChI=1S/C19H15F3N4O3/c1-10-7-23-15(6-12(10)11-8-24-26(9-11)19(21)22)17(27)25-14-5-3-4-13(20)16(14)18(28)29-2/h3-9,19H,1-2H3,(H,25,27). The van der Waals surface area contributed by atoms with E-state index < -0.39 is 29.8 Å². The number of hydrogen-bond donors (Lipinski definition) is 1. The van der Waals surface area contributed by atoms with Crippen LogP contribution in [0, 0.1) is 12.7 Å². The molecule has 2 aromatic heterocycles. The molecule has 0 radical (unpaired) electrons. The molecule has 2 heterocycles. The molecule has 0 bridgehead atoms. The highest BCUT2D eigenvalue weighted by molar-refractivity contribution is 6.07. The Hall–Kier alpha value is -3.69.